The van der Waals surface area contributed by atoms with Gasteiger partial charge in [-0.15, -0.1) is 0 Å². The molecule has 2 unspecified atom stereocenters. The summed E-state index contributed by atoms with van der Waals surface area (Å²) in [5.41, 5.74) is 0. The van der Waals surface area contributed by atoms with E-state index in [4.69, 9.17) is 9.68 Å². The number of hydrogen-bond acceptors (Lipinski definition) is 3. The van der Waals surface area contributed by atoms with E-state index in [9.17, 15) is 0 Å². The van der Waals surface area contributed by atoms with Gasteiger partial charge >= 0.3 is 0 Å². The van der Waals surface area contributed by atoms with Gasteiger partial charge in [0, 0.05) is 5.92 Å². The average Bonchev–Trinajstić information content (AvgIpc) is 2.52. The lowest BCUT2D eigenvalue weighted by Crippen LogP contribution is -2.31. The first-order valence-electron chi connectivity index (χ1n) is 4.86. The van der Waals surface area contributed by atoms with Crippen LogP contribution in [0.25, 0.3) is 0 Å². The molecule has 0 bridgehead atoms. The molecule has 2 fully saturated rings. The molecule has 1 aliphatic carbocycles. The van der Waals surface area contributed by atoms with Crippen LogP contribution in [0.3, 0.4) is 0 Å². The van der Waals surface area contributed by atoms with Gasteiger partial charge in [0.05, 0.1) is 18.8 Å². The van der Waals surface area contributed by atoms with Crippen molar-refractivity contribution in [1.82, 2.24) is 5.23 Å². The molecule has 1 saturated heterocycles. The summed E-state index contributed by atoms with van der Waals surface area (Å²) in [4.78, 5) is 11.0. The van der Waals surface area contributed by atoms with E-state index in [2.05, 4.69) is 0 Å². The maximum Gasteiger partial charge on any atom is 0.0763 e. The van der Waals surface area contributed by atoms with Crippen molar-refractivity contribution in [3.8, 4) is 0 Å². The van der Waals surface area contributed by atoms with Crippen molar-refractivity contribution in [1.29, 1.82) is 0 Å². The Bertz CT molecular complexity index is 161. The first-order chi connectivity index (χ1) is 5.77. The van der Waals surface area contributed by atoms with Gasteiger partial charge in [0.2, 0.25) is 0 Å². The van der Waals surface area contributed by atoms with Gasteiger partial charge in [-0.3, -0.25) is 9.68 Å². The van der Waals surface area contributed by atoms with Crippen LogP contribution < -0.4 is 0 Å². The van der Waals surface area contributed by atoms with Crippen molar-refractivity contribution >= 4 is 0 Å². The van der Waals surface area contributed by atoms with E-state index in [1.807, 2.05) is 13.8 Å². The lowest BCUT2D eigenvalue weighted by Gasteiger charge is -2.22. The van der Waals surface area contributed by atoms with Gasteiger partial charge in [0.15, 0.2) is 0 Å². The summed E-state index contributed by atoms with van der Waals surface area (Å²) in [5.74, 6) is 0.726. The predicted octanol–water partition coefficient (Wildman–Crippen LogP) is 1.74. The number of hydroxylamine groups is 2. The van der Waals surface area contributed by atoms with Crippen LogP contribution in [-0.2, 0) is 9.68 Å². The molecule has 1 heterocycles. The van der Waals surface area contributed by atoms with Gasteiger partial charge < -0.3 is 0 Å². The predicted molar refractivity (Wildman–Crippen MR) is 45.1 cm³/mol. The zero-order valence-corrected chi connectivity index (χ0v) is 7.82. The number of hydrogen-bond donors (Lipinski definition) is 0. The van der Waals surface area contributed by atoms with Gasteiger partial charge in [-0.2, -0.15) is 0 Å². The molecule has 0 aromatic heterocycles. The Morgan fingerprint density at radius 1 is 1.42 bits per heavy atom. The summed E-state index contributed by atoms with van der Waals surface area (Å²) in [7, 11) is 0. The highest BCUT2D eigenvalue weighted by Crippen LogP contribution is 2.35. The standard InChI is InChI=1S/C9H17NO2/c1-7(2)12-10-9-5-3-4-8(9)6-11-10/h7-9H,3-6H2,1-2H3. The van der Waals surface area contributed by atoms with Crippen LogP contribution in [0, 0.1) is 5.92 Å². The highest BCUT2D eigenvalue weighted by Gasteiger charge is 2.40. The molecule has 0 amide bonds. The Kier molecular flexibility index (Phi) is 2.35. The minimum atomic E-state index is 0.226. The molecular weight excluding hydrogens is 154 g/mol. The van der Waals surface area contributed by atoms with Crippen LogP contribution >= 0.6 is 0 Å². The fraction of sp³-hybridized carbons (Fsp3) is 1.00. The number of rotatable bonds is 2. The summed E-state index contributed by atoms with van der Waals surface area (Å²) >= 11 is 0. The van der Waals surface area contributed by atoms with Crippen molar-refractivity contribution in [2.24, 2.45) is 5.92 Å². The summed E-state index contributed by atoms with van der Waals surface area (Å²) in [6.45, 7) is 4.93. The summed E-state index contributed by atoms with van der Waals surface area (Å²) in [5, 5.41) is 1.74. The van der Waals surface area contributed by atoms with Crippen LogP contribution in [-0.4, -0.2) is 24.0 Å². The molecule has 0 radical (unpaired) electrons. The third-order valence-corrected chi connectivity index (χ3v) is 2.62. The van der Waals surface area contributed by atoms with E-state index < -0.39 is 0 Å². The SMILES string of the molecule is CC(C)ON1OCC2CCCC21. The molecule has 0 spiro atoms. The quantitative estimate of drug-likeness (QED) is 0.631. The monoisotopic (exact) mass is 171 g/mol. The molecule has 2 aliphatic rings. The second-order valence-corrected chi connectivity index (χ2v) is 3.99. The molecule has 1 aliphatic heterocycles. The third-order valence-electron chi connectivity index (χ3n) is 2.62. The van der Waals surface area contributed by atoms with E-state index in [0.717, 1.165) is 12.5 Å². The van der Waals surface area contributed by atoms with E-state index in [1.165, 1.54) is 19.3 Å². The van der Waals surface area contributed by atoms with Crippen molar-refractivity contribution in [2.45, 2.75) is 45.3 Å². The van der Waals surface area contributed by atoms with Crippen LogP contribution in [0.1, 0.15) is 33.1 Å². The summed E-state index contributed by atoms with van der Waals surface area (Å²) in [6, 6.07) is 0.535. The molecule has 0 aromatic carbocycles. The fourth-order valence-electron chi connectivity index (χ4n) is 2.07. The lowest BCUT2D eigenvalue weighted by molar-refractivity contribution is -0.371. The Labute approximate surface area is 73.5 Å². The van der Waals surface area contributed by atoms with Gasteiger partial charge in [0.1, 0.15) is 0 Å². The molecule has 2 atom stereocenters. The van der Waals surface area contributed by atoms with Crippen molar-refractivity contribution < 1.29 is 9.68 Å². The molecule has 3 nitrogen and oxygen atoms in total. The van der Waals surface area contributed by atoms with Crippen molar-refractivity contribution in [3.63, 3.8) is 0 Å². The smallest absolute Gasteiger partial charge is 0.0763 e. The Morgan fingerprint density at radius 2 is 2.25 bits per heavy atom. The van der Waals surface area contributed by atoms with Gasteiger partial charge in [-0.25, -0.2) is 0 Å². The zero-order chi connectivity index (χ0) is 8.55. The van der Waals surface area contributed by atoms with Crippen LogP contribution in [0.4, 0.5) is 0 Å². The lowest BCUT2D eigenvalue weighted by atomic mass is 10.1. The Balaban J connectivity index is 1.91. The third kappa shape index (κ3) is 1.49. The van der Waals surface area contributed by atoms with E-state index in [0.29, 0.717) is 6.04 Å². The normalized spacial score (nSPS) is 36.2. The summed E-state index contributed by atoms with van der Waals surface area (Å²) in [6.07, 6.45) is 4.10. The Hall–Kier alpha value is -0.120. The van der Waals surface area contributed by atoms with E-state index in [1.54, 1.807) is 5.23 Å². The van der Waals surface area contributed by atoms with Crippen molar-refractivity contribution in [3.05, 3.63) is 0 Å². The largest absolute Gasteiger partial charge is 0.274 e. The minimum absolute atomic E-state index is 0.226. The Morgan fingerprint density at radius 3 is 3.00 bits per heavy atom. The second kappa shape index (κ2) is 3.32. The highest BCUT2D eigenvalue weighted by molar-refractivity contribution is 4.83. The van der Waals surface area contributed by atoms with E-state index >= 15 is 0 Å². The molecule has 0 aromatic rings. The first-order valence-corrected chi connectivity index (χ1v) is 4.86. The minimum Gasteiger partial charge on any atom is -0.274 e. The molecule has 12 heavy (non-hydrogen) atoms. The van der Waals surface area contributed by atoms with Gasteiger partial charge in [-0.1, -0.05) is 11.6 Å². The van der Waals surface area contributed by atoms with Crippen LogP contribution in [0.15, 0.2) is 0 Å². The zero-order valence-electron chi connectivity index (χ0n) is 7.82. The first kappa shape index (κ1) is 8.48. The molecule has 3 heteroatoms. The van der Waals surface area contributed by atoms with Crippen LogP contribution in [0.2, 0.25) is 0 Å². The highest BCUT2D eigenvalue weighted by atomic mass is 17.0. The average molecular weight is 171 g/mol. The maximum atomic E-state index is 5.54. The topological polar surface area (TPSA) is 21.7 Å². The molecule has 70 valence electrons. The van der Waals surface area contributed by atoms with Crippen LogP contribution in [0.5, 0.6) is 0 Å². The molecule has 1 saturated carbocycles. The fourth-order valence-corrected chi connectivity index (χ4v) is 2.07. The van der Waals surface area contributed by atoms with Gasteiger partial charge in [0.25, 0.3) is 0 Å². The summed E-state index contributed by atoms with van der Waals surface area (Å²) < 4.78 is 0. The number of nitrogens with zero attached hydrogens (tertiary/aromatic N) is 1. The van der Waals surface area contributed by atoms with Crippen molar-refractivity contribution in [2.75, 3.05) is 6.61 Å². The molecule has 2 rings (SSSR count). The molecule has 0 N–H and O–H groups in total. The molecular formula is C9H17NO2. The number of fused-ring (bicyclic) bond motifs is 1. The van der Waals surface area contributed by atoms with E-state index in [-0.39, 0.29) is 6.10 Å². The van der Waals surface area contributed by atoms with Gasteiger partial charge in [-0.05, 0) is 26.7 Å². The maximum absolute atomic E-state index is 5.54. The second-order valence-electron chi connectivity index (χ2n) is 3.99.